The Morgan fingerprint density at radius 3 is 2.42 bits per heavy atom. The third-order valence-electron chi connectivity index (χ3n) is 6.11. The van der Waals surface area contributed by atoms with E-state index in [-0.39, 0.29) is 0 Å². The quantitative estimate of drug-likeness (QED) is 0.313. The van der Waals surface area contributed by atoms with Crippen molar-refractivity contribution in [2.24, 2.45) is 0 Å². The van der Waals surface area contributed by atoms with Gasteiger partial charge in [0, 0.05) is 43.4 Å². The molecule has 14 nitrogen and oxygen atoms in total. The van der Waals surface area contributed by atoms with Crippen molar-refractivity contribution in [1.82, 2.24) is 60.0 Å². The van der Waals surface area contributed by atoms with Crippen LogP contribution in [0.25, 0.3) is 11.4 Å². The summed E-state index contributed by atoms with van der Waals surface area (Å²) >= 11 is 1.21. The number of rotatable bonds is 6. The van der Waals surface area contributed by atoms with E-state index < -0.39 is 5.66 Å². The summed E-state index contributed by atoms with van der Waals surface area (Å²) in [4.78, 5) is 27.6. The molecule has 0 saturated heterocycles. The lowest BCUT2D eigenvalue weighted by Gasteiger charge is -2.52. The van der Waals surface area contributed by atoms with E-state index >= 15 is 0 Å². The maximum atomic E-state index is 4.72. The molecule has 0 radical (unpaired) electrons. The molecule has 1 unspecified atom stereocenters. The lowest BCUT2D eigenvalue weighted by Crippen LogP contribution is -2.67. The Hall–Kier alpha value is -5.70. The van der Waals surface area contributed by atoms with Gasteiger partial charge in [-0.1, -0.05) is 6.07 Å². The zero-order chi connectivity index (χ0) is 26.8. The smallest absolute Gasteiger partial charge is 0.259 e. The first-order valence-corrected chi connectivity index (χ1v) is 12.8. The van der Waals surface area contributed by atoms with Crippen molar-refractivity contribution in [1.29, 1.82) is 0 Å². The van der Waals surface area contributed by atoms with E-state index in [4.69, 9.17) is 4.98 Å². The van der Waals surface area contributed by atoms with Crippen molar-refractivity contribution in [2.75, 3.05) is 10.0 Å². The number of aromatic amines is 1. The van der Waals surface area contributed by atoms with Crippen LogP contribution in [0.15, 0.2) is 97.5 Å². The predicted molar refractivity (Wildman–Crippen MR) is 145 cm³/mol. The Morgan fingerprint density at radius 2 is 1.73 bits per heavy atom. The lowest BCUT2D eigenvalue weighted by atomic mass is 9.96. The summed E-state index contributed by atoms with van der Waals surface area (Å²) in [6.07, 6.45) is 13.2. The molecule has 0 saturated carbocycles. The molecule has 1 aliphatic heterocycles. The average molecular weight is 547 g/mol. The summed E-state index contributed by atoms with van der Waals surface area (Å²) in [7, 11) is 0. The largest absolute Gasteiger partial charge is 0.347 e. The third kappa shape index (κ3) is 3.80. The highest BCUT2D eigenvalue weighted by atomic mass is 32.1. The second-order valence-corrected chi connectivity index (χ2v) is 8.95. The Balaban J connectivity index is 1.65. The number of hydrogen-bond donors (Lipinski definition) is 2. The van der Waals surface area contributed by atoms with E-state index in [0.717, 1.165) is 0 Å². The molecule has 0 spiro atoms. The van der Waals surface area contributed by atoms with Crippen LogP contribution >= 0.6 is 11.5 Å². The number of pyridine rings is 1. The minimum Gasteiger partial charge on any atom is -0.347 e. The first kappa shape index (κ1) is 23.4. The number of hydrogen-bond acceptors (Lipinski definition) is 14. The van der Waals surface area contributed by atoms with E-state index in [1.165, 1.54) is 11.5 Å². The van der Waals surface area contributed by atoms with Crippen molar-refractivity contribution in [3.05, 3.63) is 120 Å². The molecule has 1 aliphatic rings. The van der Waals surface area contributed by atoms with Gasteiger partial charge in [0.15, 0.2) is 11.6 Å². The zero-order valence-electron chi connectivity index (χ0n) is 20.5. The van der Waals surface area contributed by atoms with Crippen molar-refractivity contribution < 1.29 is 0 Å². The Morgan fingerprint density at radius 1 is 0.800 bits per heavy atom. The van der Waals surface area contributed by atoms with Crippen LogP contribution in [0.2, 0.25) is 0 Å². The average Bonchev–Trinajstić information content (AvgIpc) is 3.78. The standard InChI is InChI=1S/C25H18N14S/c1-2-8-28-20(6-1)38-22(23-29-9-4-10-30-23)21(17-15-26-13-14-27-17)34-25(19-7-12-33-36-19,18-5-3-11-32-35-18)39(38)24-31-16-40-37-24/h1-16,34H,(H,33,36). The second-order valence-electron chi connectivity index (χ2n) is 8.34. The first-order valence-electron chi connectivity index (χ1n) is 12.0. The van der Waals surface area contributed by atoms with E-state index in [1.807, 2.05) is 40.3 Å². The summed E-state index contributed by atoms with van der Waals surface area (Å²) < 4.78 is 4.65. The number of aromatic nitrogens is 11. The van der Waals surface area contributed by atoms with E-state index in [9.17, 15) is 0 Å². The van der Waals surface area contributed by atoms with Crippen LogP contribution in [0.3, 0.4) is 0 Å². The molecular formula is C25H18N14S. The fourth-order valence-electron chi connectivity index (χ4n) is 4.53. The van der Waals surface area contributed by atoms with Gasteiger partial charge in [0.25, 0.3) is 5.95 Å². The summed E-state index contributed by atoms with van der Waals surface area (Å²) in [5, 5.41) is 23.6. The molecule has 194 valence electrons. The normalized spacial score (nSPS) is 17.1. The highest BCUT2D eigenvalue weighted by Crippen LogP contribution is 2.46. The molecule has 1 atom stereocenters. The van der Waals surface area contributed by atoms with Crippen LogP contribution in [-0.2, 0) is 5.66 Å². The molecule has 0 aromatic carbocycles. The molecule has 6 aromatic heterocycles. The molecule has 40 heavy (non-hydrogen) atoms. The number of anilines is 2. The Labute approximate surface area is 230 Å². The van der Waals surface area contributed by atoms with Gasteiger partial charge in [-0.15, -0.1) is 0 Å². The number of hydrazine groups is 1. The number of nitrogens with one attached hydrogen (secondary N) is 2. The van der Waals surface area contributed by atoms with Gasteiger partial charge in [0.05, 0.1) is 17.6 Å². The molecule has 7 heterocycles. The Kier molecular flexibility index (Phi) is 5.78. The lowest BCUT2D eigenvalue weighted by molar-refractivity contribution is 0.389. The molecule has 0 fully saturated rings. The SMILES string of the molecule is c1ccc(N2C(c3ncccn3)=C(c3cnccn3)NC(c3cccnn3)(c3ccn[nH]3)N2c2ncsn2)nc1. The van der Waals surface area contributed by atoms with Gasteiger partial charge in [0.2, 0.25) is 5.66 Å². The molecular weight excluding hydrogens is 528 g/mol. The van der Waals surface area contributed by atoms with Gasteiger partial charge in [-0.3, -0.25) is 15.1 Å². The topological polar surface area (TPSA) is 163 Å². The van der Waals surface area contributed by atoms with Crippen molar-refractivity contribution in [3.63, 3.8) is 0 Å². The van der Waals surface area contributed by atoms with Crippen LogP contribution in [0.5, 0.6) is 0 Å². The highest BCUT2D eigenvalue weighted by Gasteiger charge is 2.54. The van der Waals surface area contributed by atoms with E-state index in [2.05, 4.69) is 55.0 Å². The van der Waals surface area contributed by atoms with Gasteiger partial charge in [0.1, 0.15) is 22.6 Å². The first-order chi connectivity index (χ1) is 19.9. The highest BCUT2D eigenvalue weighted by molar-refractivity contribution is 7.03. The fourth-order valence-corrected chi connectivity index (χ4v) is 4.94. The Bertz CT molecular complexity index is 1720. The van der Waals surface area contributed by atoms with Crippen molar-refractivity contribution in [2.45, 2.75) is 5.66 Å². The van der Waals surface area contributed by atoms with Gasteiger partial charge in [-0.2, -0.15) is 19.7 Å². The molecule has 6 aromatic rings. The third-order valence-corrected chi connectivity index (χ3v) is 6.58. The number of nitrogens with zero attached hydrogens (tertiary/aromatic N) is 12. The van der Waals surface area contributed by atoms with Gasteiger partial charge in [-0.25, -0.2) is 30.0 Å². The van der Waals surface area contributed by atoms with E-state index in [0.29, 0.717) is 46.1 Å². The zero-order valence-corrected chi connectivity index (χ0v) is 21.3. The molecule has 0 bridgehead atoms. The second kappa shape index (κ2) is 9.88. The monoisotopic (exact) mass is 546 g/mol. The van der Waals surface area contributed by atoms with Crippen LogP contribution < -0.4 is 15.3 Å². The molecule has 7 rings (SSSR count). The number of H-pyrrole nitrogens is 1. The maximum Gasteiger partial charge on any atom is 0.259 e. The summed E-state index contributed by atoms with van der Waals surface area (Å²) in [6, 6.07) is 12.9. The van der Waals surface area contributed by atoms with Crippen LogP contribution in [0, 0.1) is 0 Å². The van der Waals surface area contributed by atoms with Gasteiger partial charge in [-0.05, 0) is 47.9 Å². The predicted octanol–water partition coefficient (Wildman–Crippen LogP) is 2.28. The van der Waals surface area contributed by atoms with Gasteiger partial charge >= 0.3 is 0 Å². The van der Waals surface area contributed by atoms with Crippen molar-refractivity contribution >= 4 is 34.7 Å². The summed E-state index contributed by atoms with van der Waals surface area (Å²) in [5.74, 6) is 1.30. The minimum absolute atomic E-state index is 0.357. The molecule has 2 N–H and O–H groups in total. The van der Waals surface area contributed by atoms with E-state index in [1.54, 1.807) is 67.2 Å². The molecule has 0 aliphatic carbocycles. The van der Waals surface area contributed by atoms with Crippen LogP contribution in [0.4, 0.5) is 11.8 Å². The maximum absolute atomic E-state index is 4.72. The fraction of sp³-hybridized carbons (Fsp3) is 0.0400. The summed E-state index contributed by atoms with van der Waals surface area (Å²) in [5.41, 5.74) is 3.09. The van der Waals surface area contributed by atoms with Crippen LogP contribution in [0.1, 0.15) is 22.9 Å². The van der Waals surface area contributed by atoms with Crippen molar-refractivity contribution in [3.8, 4) is 0 Å². The van der Waals surface area contributed by atoms with Crippen LogP contribution in [-0.4, -0.2) is 54.7 Å². The summed E-state index contributed by atoms with van der Waals surface area (Å²) in [6.45, 7) is 0. The molecule has 0 amide bonds. The van der Waals surface area contributed by atoms with Gasteiger partial charge < -0.3 is 5.32 Å². The molecule has 15 heteroatoms. The minimum atomic E-state index is -1.32.